The number of likely N-dealkylation sites (tertiary alicyclic amines) is 1. The third-order valence-corrected chi connectivity index (χ3v) is 5.55. The van der Waals surface area contributed by atoms with Gasteiger partial charge in [0.2, 0.25) is 0 Å². The Balaban J connectivity index is 1.58. The number of aliphatic carboxylic acids is 1. The quantitative estimate of drug-likeness (QED) is 0.840. The summed E-state index contributed by atoms with van der Waals surface area (Å²) in [6, 6.07) is 6.54. The van der Waals surface area contributed by atoms with Crippen LogP contribution in [0.25, 0.3) is 0 Å². The van der Waals surface area contributed by atoms with Gasteiger partial charge < -0.3 is 19.6 Å². The Morgan fingerprint density at radius 3 is 2.65 bits per heavy atom. The van der Waals surface area contributed by atoms with Crippen LogP contribution in [0.15, 0.2) is 18.2 Å². The number of carboxylic acid groups (broad SMARTS) is 1. The Kier molecular flexibility index (Phi) is 5.94. The van der Waals surface area contributed by atoms with Crippen molar-refractivity contribution in [3.05, 3.63) is 29.3 Å². The van der Waals surface area contributed by atoms with Gasteiger partial charge >= 0.3 is 5.97 Å². The molecule has 1 aromatic rings. The lowest BCUT2D eigenvalue weighted by atomic mass is 9.96. The van der Waals surface area contributed by atoms with Crippen LogP contribution in [0.5, 0.6) is 0 Å². The summed E-state index contributed by atoms with van der Waals surface area (Å²) in [5.74, 6) is -0.832. The third-order valence-electron chi connectivity index (χ3n) is 5.55. The van der Waals surface area contributed by atoms with Gasteiger partial charge in [0, 0.05) is 25.4 Å². The Morgan fingerprint density at radius 1 is 1.27 bits per heavy atom. The predicted molar refractivity (Wildman–Crippen MR) is 99.5 cm³/mol. The van der Waals surface area contributed by atoms with Gasteiger partial charge in [-0.3, -0.25) is 9.59 Å². The van der Waals surface area contributed by atoms with Crippen molar-refractivity contribution < 1.29 is 19.4 Å². The van der Waals surface area contributed by atoms with Gasteiger partial charge in [0.25, 0.3) is 5.91 Å². The normalized spacial score (nSPS) is 21.0. The average molecular weight is 360 g/mol. The molecule has 142 valence electrons. The van der Waals surface area contributed by atoms with E-state index in [-0.39, 0.29) is 24.5 Å². The number of hydrogen-bond donors (Lipinski definition) is 1. The molecule has 2 aliphatic heterocycles. The summed E-state index contributed by atoms with van der Waals surface area (Å²) < 4.78 is 5.00. The highest BCUT2D eigenvalue weighted by molar-refractivity contribution is 5.97. The van der Waals surface area contributed by atoms with E-state index in [2.05, 4.69) is 30.0 Å². The van der Waals surface area contributed by atoms with Crippen LogP contribution in [-0.2, 0) is 27.2 Å². The number of hydrogen-bond acceptors (Lipinski definition) is 4. The van der Waals surface area contributed by atoms with Crippen molar-refractivity contribution in [3.8, 4) is 0 Å². The molecule has 1 atom stereocenters. The second-order valence-corrected chi connectivity index (χ2v) is 7.42. The van der Waals surface area contributed by atoms with Crippen molar-refractivity contribution in [2.24, 2.45) is 5.92 Å². The maximum Gasteiger partial charge on any atom is 0.306 e. The molecule has 1 saturated heterocycles. The van der Waals surface area contributed by atoms with Crippen LogP contribution in [0.3, 0.4) is 0 Å². The number of benzene rings is 1. The van der Waals surface area contributed by atoms with E-state index in [1.165, 1.54) is 11.1 Å². The average Bonchev–Trinajstić information content (AvgIpc) is 2.95. The second-order valence-electron chi connectivity index (χ2n) is 7.42. The monoisotopic (exact) mass is 360 g/mol. The molecule has 0 radical (unpaired) electrons. The second kappa shape index (κ2) is 8.18. The number of rotatable bonds is 6. The lowest BCUT2D eigenvalue weighted by Gasteiger charge is -2.30. The summed E-state index contributed by atoms with van der Waals surface area (Å²) in [6.07, 6.45) is 3.31. The third kappa shape index (κ3) is 4.07. The van der Waals surface area contributed by atoms with Crippen molar-refractivity contribution in [2.75, 3.05) is 38.3 Å². The largest absolute Gasteiger partial charge is 0.481 e. The first kappa shape index (κ1) is 18.9. The molecule has 3 rings (SSSR count). The van der Waals surface area contributed by atoms with E-state index in [1.54, 1.807) is 7.11 Å². The van der Waals surface area contributed by atoms with E-state index in [0.717, 1.165) is 51.0 Å². The van der Waals surface area contributed by atoms with Gasteiger partial charge in [0.15, 0.2) is 0 Å². The molecule has 6 heteroatoms. The molecular formula is C20H28N2O4. The SMILES string of the molecule is COCC(=O)N1c2ccc(CCN3CCC(C(=O)O)CC3)cc2CC1C. The molecule has 0 saturated carbocycles. The fourth-order valence-electron chi connectivity index (χ4n) is 4.10. The minimum Gasteiger partial charge on any atom is -0.481 e. The molecule has 26 heavy (non-hydrogen) atoms. The zero-order valence-electron chi connectivity index (χ0n) is 15.6. The van der Waals surface area contributed by atoms with E-state index in [1.807, 2.05) is 4.90 Å². The van der Waals surface area contributed by atoms with Gasteiger partial charge in [-0.25, -0.2) is 0 Å². The first-order valence-electron chi connectivity index (χ1n) is 9.37. The highest BCUT2D eigenvalue weighted by Gasteiger charge is 2.31. The molecule has 2 aliphatic rings. The molecule has 1 unspecified atom stereocenters. The summed E-state index contributed by atoms with van der Waals surface area (Å²) in [7, 11) is 1.54. The Hall–Kier alpha value is -1.92. The van der Waals surface area contributed by atoms with Crippen LogP contribution in [0.4, 0.5) is 5.69 Å². The first-order valence-corrected chi connectivity index (χ1v) is 9.37. The van der Waals surface area contributed by atoms with Crippen molar-refractivity contribution in [1.29, 1.82) is 0 Å². The van der Waals surface area contributed by atoms with Gasteiger partial charge in [-0.2, -0.15) is 0 Å². The summed E-state index contributed by atoms with van der Waals surface area (Å²) >= 11 is 0. The topological polar surface area (TPSA) is 70.1 Å². The minimum atomic E-state index is -0.662. The molecule has 1 fully saturated rings. The molecule has 0 spiro atoms. The van der Waals surface area contributed by atoms with Gasteiger partial charge in [0.05, 0.1) is 5.92 Å². The number of fused-ring (bicyclic) bond motifs is 1. The van der Waals surface area contributed by atoms with Gasteiger partial charge in [0.1, 0.15) is 6.61 Å². The number of carboxylic acids is 1. The summed E-state index contributed by atoms with van der Waals surface area (Å²) in [5.41, 5.74) is 3.51. The van der Waals surface area contributed by atoms with Gasteiger partial charge in [-0.15, -0.1) is 0 Å². The van der Waals surface area contributed by atoms with Crippen LogP contribution in [0.1, 0.15) is 30.9 Å². The predicted octanol–water partition coefficient (Wildman–Crippen LogP) is 1.95. The molecule has 1 N–H and O–H groups in total. The fourth-order valence-corrected chi connectivity index (χ4v) is 4.10. The molecule has 6 nitrogen and oxygen atoms in total. The number of amides is 1. The van der Waals surface area contributed by atoms with Crippen LogP contribution < -0.4 is 4.90 Å². The van der Waals surface area contributed by atoms with E-state index >= 15 is 0 Å². The van der Waals surface area contributed by atoms with E-state index < -0.39 is 5.97 Å². The van der Waals surface area contributed by atoms with Crippen molar-refractivity contribution in [3.63, 3.8) is 0 Å². The minimum absolute atomic E-state index is 0.00722. The van der Waals surface area contributed by atoms with Crippen LogP contribution >= 0.6 is 0 Å². The van der Waals surface area contributed by atoms with Crippen molar-refractivity contribution in [2.45, 2.75) is 38.6 Å². The van der Waals surface area contributed by atoms with Crippen LogP contribution in [-0.4, -0.2) is 61.3 Å². The molecule has 0 aromatic heterocycles. The summed E-state index contributed by atoms with van der Waals surface area (Å²) in [4.78, 5) is 27.5. The maximum absolute atomic E-state index is 12.3. The maximum atomic E-state index is 12.3. The molecule has 0 aliphatic carbocycles. The number of anilines is 1. The first-order chi connectivity index (χ1) is 12.5. The highest BCUT2D eigenvalue weighted by atomic mass is 16.5. The molecule has 0 bridgehead atoms. The number of carbonyl (C=O) groups excluding carboxylic acids is 1. The number of nitrogens with zero attached hydrogens (tertiary/aromatic N) is 2. The summed E-state index contributed by atoms with van der Waals surface area (Å²) in [6.45, 7) is 4.85. The molecule has 2 heterocycles. The standard InChI is InChI=1S/C20H28N2O4/c1-14-11-17-12-15(3-4-18(17)22(14)19(23)13-26-2)5-8-21-9-6-16(7-10-21)20(24)25/h3-4,12,14,16H,5-11,13H2,1-2H3,(H,24,25). The van der Waals surface area contributed by atoms with Gasteiger partial charge in [-0.1, -0.05) is 12.1 Å². The lowest BCUT2D eigenvalue weighted by molar-refractivity contribution is -0.143. The zero-order chi connectivity index (χ0) is 18.7. The van der Waals surface area contributed by atoms with Crippen LogP contribution in [0.2, 0.25) is 0 Å². The smallest absolute Gasteiger partial charge is 0.306 e. The lowest BCUT2D eigenvalue weighted by Crippen LogP contribution is -2.38. The summed E-state index contributed by atoms with van der Waals surface area (Å²) in [5, 5.41) is 9.08. The number of carbonyl (C=O) groups is 2. The number of methoxy groups -OCH3 is 1. The molecule has 1 amide bonds. The number of piperidine rings is 1. The Morgan fingerprint density at radius 2 is 2.00 bits per heavy atom. The number of ether oxygens (including phenoxy) is 1. The zero-order valence-corrected chi connectivity index (χ0v) is 15.6. The fraction of sp³-hybridized carbons (Fsp3) is 0.600. The van der Waals surface area contributed by atoms with Gasteiger partial charge in [-0.05, 0) is 62.9 Å². The van der Waals surface area contributed by atoms with E-state index in [9.17, 15) is 9.59 Å². The van der Waals surface area contributed by atoms with Crippen molar-refractivity contribution in [1.82, 2.24) is 4.90 Å². The Labute approximate surface area is 154 Å². The van der Waals surface area contributed by atoms with Crippen LogP contribution in [0, 0.1) is 5.92 Å². The molecular weight excluding hydrogens is 332 g/mol. The van der Waals surface area contributed by atoms with E-state index in [0.29, 0.717) is 0 Å². The van der Waals surface area contributed by atoms with E-state index in [4.69, 9.17) is 9.84 Å². The molecule has 1 aromatic carbocycles. The van der Waals surface area contributed by atoms with Crippen molar-refractivity contribution >= 4 is 17.6 Å². The Bertz CT molecular complexity index is 668. The highest BCUT2D eigenvalue weighted by Crippen LogP contribution is 2.33.